The minimum Gasteiger partial charge on any atom is -0.452 e. The summed E-state index contributed by atoms with van der Waals surface area (Å²) in [5.74, 6) is 1.69. The van der Waals surface area contributed by atoms with Crippen molar-refractivity contribution in [1.29, 1.82) is 0 Å². The van der Waals surface area contributed by atoms with Crippen molar-refractivity contribution in [2.45, 2.75) is 67.9 Å². The molecule has 33 heavy (non-hydrogen) atoms. The molecule has 5 aliphatic rings. The van der Waals surface area contributed by atoms with Crippen LogP contribution in [0.5, 0.6) is 0 Å². The summed E-state index contributed by atoms with van der Waals surface area (Å²) in [6.45, 7) is 0.304. The Balaban J connectivity index is 1.09. The SMILES string of the molecule is O=C(COC(=O)c1ccccc1SCC1CCCO1)NC(=O)NC12CC3CC(CC(C3)C1)C2. The van der Waals surface area contributed by atoms with Gasteiger partial charge in [0.05, 0.1) is 11.7 Å². The molecule has 1 aromatic rings. The fourth-order valence-electron chi connectivity index (χ4n) is 6.63. The van der Waals surface area contributed by atoms with Crippen molar-refractivity contribution in [3.63, 3.8) is 0 Å². The van der Waals surface area contributed by atoms with Crippen LogP contribution in [0.25, 0.3) is 0 Å². The fraction of sp³-hybridized carbons (Fsp3) is 0.640. The highest BCUT2D eigenvalue weighted by atomic mass is 32.2. The third-order valence-corrected chi connectivity index (χ3v) is 8.77. The Kier molecular flexibility index (Phi) is 6.65. The van der Waals surface area contributed by atoms with E-state index in [9.17, 15) is 14.4 Å². The molecule has 0 radical (unpaired) electrons. The maximum absolute atomic E-state index is 12.6. The van der Waals surface area contributed by atoms with Gasteiger partial charge < -0.3 is 14.8 Å². The molecule has 6 rings (SSSR count). The Hall–Kier alpha value is -2.06. The first kappa shape index (κ1) is 22.7. The molecule has 8 heteroatoms. The number of hydrogen-bond donors (Lipinski definition) is 2. The molecule has 3 amide bonds. The van der Waals surface area contributed by atoms with Gasteiger partial charge in [0, 0.05) is 22.8 Å². The van der Waals surface area contributed by atoms with Gasteiger partial charge in [0.25, 0.3) is 5.91 Å². The number of ether oxygens (including phenoxy) is 2. The smallest absolute Gasteiger partial charge is 0.339 e. The maximum atomic E-state index is 12.6. The minimum atomic E-state index is -0.616. The first-order valence-corrected chi connectivity index (χ1v) is 13.1. The summed E-state index contributed by atoms with van der Waals surface area (Å²) in [7, 11) is 0. The third kappa shape index (κ3) is 5.38. The van der Waals surface area contributed by atoms with E-state index in [4.69, 9.17) is 9.47 Å². The molecule has 1 saturated heterocycles. The summed E-state index contributed by atoms with van der Waals surface area (Å²) in [5.41, 5.74) is 0.251. The Morgan fingerprint density at radius 1 is 1.06 bits per heavy atom. The summed E-state index contributed by atoms with van der Waals surface area (Å²) in [6, 6.07) is 6.72. The van der Waals surface area contributed by atoms with Crippen molar-refractivity contribution in [3.8, 4) is 0 Å². The molecule has 2 N–H and O–H groups in total. The zero-order valence-corrected chi connectivity index (χ0v) is 19.7. The molecule has 4 saturated carbocycles. The second-order valence-electron chi connectivity index (χ2n) is 10.2. The van der Waals surface area contributed by atoms with E-state index in [2.05, 4.69) is 10.6 Å². The molecule has 1 aromatic carbocycles. The number of amides is 3. The van der Waals surface area contributed by atoms with Gasteiger partial charge in [-0.3, -0.25) is 10.1 Å². The molecular formula is C25H32N2O5S. The van der Waals surface area contributed by atoms with Gasteiger partial charge in [-0.1, -0.05) is 12.1 Å². The van der Waals surface area contributed by atoms with Gasteiger partial charge in [0.2, 0.25) is 0 Å². The highest BCUT2D eigenvalue weighted by Gasteiger charge is 2.51. The largest absolute Gasteiger partial charge is 0.452 e. The number of rotatable bonds is 7. The predicted octanol–water partition coefficient (Wildman–Crippen LogP) is 3.91. The summed E-state index contributed by atoms with van der Waals surface area (Å²) in [4.78, 5) is 38.2. The van der Waals surface area contributed by atoms with E-state index in [1.54, 1.807) is 23.9 Å². The molecule has 1 heterocycles. The number of benzene rings is 1. The molecule has 1 aliphatic heterocycles. The van der Waals surface area contributed by atoms with Crippen LogP contribution in [0.2, 0.25) is 0 Å². The average molecular weight is 473 g/mol. The van der Waals surface area contributed by atoms with Crippen molar-refractivity contribution in [3.05, 3.63) is 29.8 Å². The highest BCUT2D eigenvalue weighted by Crippen LogP contribution is 2.55. The second-order valence-corrected chi connectivity index (χ2v) is 11.3. The lowest BCUT2D eigenvalue weighted by atomic mass is 9.53. The van der Waals surface area contributed by atoms with Crippen LogP contribution >= 0.6 is 11.8 Å². The topological polar surface area (TPSA) is 93.7 Å². The van der Waals surface area contributed by atoms with Crippen LogP contribution in [0.3, 0.4) is 0 Å². The maximum Gasteiger partial charge on any atom is 0.339 e. The standard InChI is InChI=1S/C25H32N2O5S/c28-22(26-24(30)27-25-11-16-8-17(12-25)10-18(9-16)13-25)14-32-23(29)20-5-1-2-6-21(20)33-15-19-4-3-7-31-19/h1-2,5-6,16-19H,3-4,7-15H2,(H2,26,27,28,30). The van der Waals surface area contributed by atoms with Gasteiger partial charge in [0.1, 0.15) is 0 Å². The van der Waals surface area contributed by atoms with Crippen LogP contribution in [0.4, 0.5) is 4.79 Å². The Morgan fingerprint density at radius 3 is 2.42 bits per heavy atom. The van der Waals surface area contributed by atoms with E-state index in [1.165, 1.54) is 19.3 Å². The zero-order valence-electron chi connectivity index (χ0n) is 18.8. The number of esters is 1. The summed E-state index contributed by atoms with van der Waals surface area (Å²) in [5, 5.41) is 5.45. The monoisotopic (exact) mass is 472 g/mol. The van der Waals surface area contributed by atoms with E-state index in [1.807, 2.05) is 12.1 Å². The van der Waals surface area contributed by atoms with Crippen molar-refractivity contribution in [2.24, 2.45) is 17.8 Å². The van der Waals surface area contributed by atoms with Crippen molar-refractivity contribution >= 4 is 29.7 Å². The summed E-state index contributed by atoms with van der Waals surface area (Å²) < 4.78 is 10.9. The molecule has 0 spiro atoms. The first-order chi connectivity index (χ1) is 16.0. The Morgan fingerprint density at radius 2 is 1.76 bits per heavy atom. The number of carbonyl (C=O) groups is 3. The van der Waals surface area contributed by atoms with Crippen LogP contribution in [0, 0.1) is 17.8 Å². The molecule has 7 nitrogen and oxygen atoms in total. The number of hydrogen-bond acceptors (Lipinski definition) is 6. The van der Waals surface area contributed by atoms with Crippen LogP contribution in [0.15, 0.2) is 29.2 Å². The zero-order chi connectivity index (χ0) is 22.8. The van der Waals surface area contributed by atoms with E-state index in [-0.39, 0.29) is 11.6 Å². The van der Waals surface area contributed by atoms with E-state index >= 15 is 0 Å². The molecule has 4 aliphatic carbocycles. The van der Waals surface area contributed by atoms with E-state index in [0.29, 0.717) is 23.3 Å². The molecule has 1 unspecified atom stereocenters. The van der Waals surface area contributed by atoms with Crippen LogP contribution in [0.1, 0.15) is 61.7 Å². The average Bonchev–Trinajstić information content (AvgIpc) is 3.28. The van der Waals surface area contributed by atoms with Gasteiger partial charge in [0.15, 0.2) is 6.61 Å². The first-order valence-electron chi connectivity index (χ1n) is 12.1. The van der Waals surface area contributed by atoms with Gasteiger partial charge in [-0.15, -0.1) is 11.8 Å². The molecule has 178 valence electrons. The summed E-state index contributed by atoms with van der Waals surface area (Å²) >= 11 is 1.56. The van der Waals surface area contributed by atoms with Crippen molar-refractivity contribution in [1.82, 2.24) is 10.6 Å². The van der Waals surface area contributed by atoms with Crippen molar-refractivity contribution in [2.75, 3.05) is 19.0 Å². The lowest BCUT2D eigenvalue weighted by Gasteiger charge is -2.56. The Bertz CT molecular complexity index is 879. The normalized spacial score (nSPS) is 31.9. The second kappa shape index (κ2) is 9.66. The van der Waals surface area contributed by atoms with E-state index < -0.39 is 24.5 Å². The molecular weight excluding hydrogens is 440 g/mol. The van der Waals surface area contributed by atoms with Gasteiger partial charge in [-0.05, 0) is 81.3 Å². The molecule has 4 bridgehead atoms. The number of thioether (sulfide) groups is 1. The van der Waals surface area contributed by atoms with Crippen LogP contribution in [-0.4, -0.2) is 48.5 Å². The van der Waals surface area contributed by atoms with Crippen LogP contribution in [-0.2, 0) is 14.3 Å². The molecule has 0 aromatic heterocycles. The Labute approximate surface area is 198 Å². The lowest BCUT2D eigenvalue weighted by Crippen LogP contribution is -2.62. The molecule has 5 fully saturated rings. The molecule has 1 atom stereocenters. The van der Waals surface area contributed by atoms with E-state index in [0.717, 1.165) is 49.4 Å². The fourth-order valence-corrected chi connectivity index (χ4v) is 7.74. The highest BCUT2D eigenvalue weighted by molar-refractivity contribution is 7.99. The lowest BCUT2D eigenvalue weighted by molar-refractivity contribution is -0.123. The van der Waals surface area contributed by atoms with Crippen LogP contribution < -0.4 is 10.6 Å². The van der Waals surface area contributed by atoms with Gasteiger partial charge >= 0.3 is 12.0 Å². The number of carbonyl (C=O) groups excluding carboxylic acids is 3. The quantitative estimate of drug-likeness (QED) is 0.462. The predicted molar refractivity (Wildman–Crippen MR) is 124 cm³/mol. The number of nitrogens with one attached hydrogen (secondary N) is 2. The summed E-state index contributed by atoms with van der Waals surface area (Å²) in [6.07, 6.45) is 9.19. The van der Waals surface area contributed by atoms with Crippen molar-refractivity contribution < 1.29 is 23.9 Å². The third-order valence-electron chi connectivity index (χ3n) is 7.56. The van der Waals surface area contributed by atoms with Gasteiger partial charge in [-0.2, -0.15) is 0 Å². The van der Waals surface area contributed by atoms with Gasteiger partial charge in [-0.25, -0.2) is 9.59 Å². The number of urea groups is 1. The number of imide groups is 1. The minimum absolute atomic E-state index is 0.172.